The Labute approximate surface area is 75.6 Å². The predicted molar refractivity (Wildman–Crippen MR) is 46.2 cm³/mol. The zero-order chi connectivity index (χ0) is 9.84. The van der Waals surface area contributed by atoms with Crippen LogP contribution in [0.1, 0.15) is 0 Å². The van der Waals surface area contributed by atoms with Crippen molar-refractivity contribution in [3.8, 4) is 0 Å². The molecule has 0 saturated carbocycles. The van der Waals surface area contributed by atoms with Gasteiger partial charge in [-0.25, -0.2) is 9.79 Å². The lowest BCUT2D eigenvalue weighted by Crippen LogP contribution is -2.11. The molecule has 0 atom stereocenters. The summed E-state index contributed by atoms with van der Waals surface area (Å²) in [6, 6.07) is 0. The molecule has 0 unspecified atom stereocenters. The highest BCUT2D eigenvalue weighted by atomic mass is 16.5. The lowest BCUT2D eigenvalue weighted by molar-refractivity contribution is -0.132. The first-order valence-electron chi connectivity index (χ1n) is 3.62. The van der Waals surface area contributed by atoms with Gasteiger partial charge < -0.3 is 4.74 Å². The van der Waals surface area contributed by atoms with Crippen molar-refractivity contribution >= 4 is 11.7 Å². The summed E-state index contributed by atoms with van der Waals surface area (Å²) in [5.41, 5.74) is 0.737. The number of ether oxygens (including phenoxy) is 1. The summed E-state index contributed by atoms with van der Waals surface area (Å²) < 4.78 is 4.46. The van der Waals surface area contributed by atoms with Gasteiger partial charge in [0.2, 0.25) is 0 Å². The van der Waals surface area contributed by atoms with Gasteiger partial charge in [-0.2, -0.15) is 0 Å². The van der Waals surface area contributed by atoms with Gasteiger partial charge in [-0.15, -0.1) is 0 Å². The van der Waals surface area contributed by atoms with Crippen LogP contribution in [0.15, 0.2) is 29.0 Å². The van der Waals surface area contributed by atoms with Crippen LogP contribution in [0.25, 0.3) is 0 Å². The van der Waals surface area contributed by atoms with Crippen LogP contribution >= 0.6 is 0 Å². The number of allylic oxidation sites excluding steroid dienone is 1. The molecule has 0 spiro atoms. The van der Waals surface area contributed by atoms with E-state index in [0.717, 1.165) is 5.06 Å². The van der Waals surface area contributed by atoms with Crippen molar-refractivity contribution in [1.82, 2.24) is 5.06 Å². The van der Waals surface area contributed by atoms with Gasteiger partial charge in [0.05, 0.1) is 19.0 Å². The monoisotopic (exact) mass is 182 g/mol. The summed E-state index contributed by atoms with van der Waals surface area (Å²) in [6.45, 7) is 0. The molecule has 0 radical (unpaired) electrons. The molecular formula is C8H10N2O3. The number of nitrogens with zero attached hydrogens (tertiary/aromatic N) is 2. The van der Waals surface area contributed by atoms with E-state index >= 15 is 0 Å². The molecule has 1 N–H and O–H groups in total. The van der Waals surface area contributed by atoms with E-state index in [-0.39, 0.29) is 5.71 Å². The minimum Gasteiger partial charge on any atom is -0.464 e. The average molecular weight is 182 g/mol. The molecule has 1 aliphatic rings. The number of methoxy groups -OCH3 is 1. The van der Waals surface area contributed by atoms with Gasteiger partial charge >= 0.3 is 5.97 Å². The van der Waals surface area contributed by atoms with Crippen molar-refractivity contribution in [3.63, 3.8) is 0 Å². The molecule has 13 heavy (non-hydrogen) atoms. The maximum absolute atomic E-state index is 10.9. The second kappa shape index (κ2) is 3.86. The van der Waals surface area contributed by atoms with Crippen molar-refractivity contribution in [3.05, 3.63) is 24.0 Å². The summed E-state index contributed by atoms with van der Waals surface area (Å²) in [4.78, 5) is 14.8. The van der Waals surface area contributed by atoms with E-state index in [1.807, 2.05) is 0 Å². The molecule has 0 aromatic carbocycles. The van der Waals surface area contributed by atoms with Crippen molar-refractivity contribution in [2.45, 2.75) is 0 Å². The second-order valence-electron chi connectivity index (χ2n) is 2.45. The lowest BCUT2D eigenvalue weighted by Gasteiger charge is -2.01. The fourth-order valence-electron chi connectivity index (χ4n) is 0.860. The molecule has 0 aromatic heterocycles. The highest BCUT2D eigenvalue weighted by Gasteiger charge is 2.13. The lowest BCUT2D eigenvalue weighted by atomic mass is 10.4. The normalized spacial score (nSPS) is 17.5. The predicted octanol–water partition coefficient (Wildman–Crippen LogP) is 0.333. The average Bonchev–Trinajstić information content (AvgIpc) is 2.50. The third-order valence-corrected chi connectivity index (χ3v) is 1.38. The molecule has 0 amide bonds. The Balaban J connectivity index is 2.76. The molecule has 0 aromatic rings. The fraction of sp³-hybridized carbons (Fsp3) is 0.250. The summed E-state index contributed by atoms with van der Waals surface area (Å²) in [6.07, 6.45) is 4.52. The van der Waals surface area contributed by atoms with E-state index in [1.165, 1.54) is 26.4 Å². The molecule has 70 valence electrons. The highest BCUT2D eigenvalue weighted by molar-refractivity contribution is 6.42. The van der Waals surface area contributed by atoms with Crippen LogP contribution in [0.3, 0.4) is 0 Å². The Morgan fingerprint density at radius 1 is 1.69 bits per heavy atom. The zero-order valence-corrected chi connectivity index (χ0v) is 7.39. The number of carbonyl (C=O) groups excluding carboxylic acids is 1. The highest BCUT2D eigenvalue weighted by Crippen LogP contribution is 2.09. The minimum atomic E-state index is -0.486. The Morgan fingerprint density at radius 2 is 2.38 bits per heavy atom. The van der Waals surface area contributed by atoms with Crippen molar-refractivity contribution in [2.24, 2.45) is 4.99 Å². The van der Waals surface area contributed by atoms with E-state index in [0.29, 0.717) is 5.70 Å². The van der Waals surface area contributed by atoms with Crippen LogP contribution in [0, 0.1) is 0 Å². The molecule has 0 fully saturated rings. The first-order valence-corrected chi connectivity index (χ1v) is 3.62. The molecule has 0 aliphatic carbocycles. The van der Waals surface area contributed by atoms with Gasteiger partial charge in [0.15, 0.2) is 0 Å². The van der Waals surface area contributed by atoms with Crippen LogP contribution in [0.4, 0.5) is 0 Å². The SMILES string of the molecule is COC(=O)C1=N/C(=C\N(C)O)C=C1. The molecule has 5 heteroatoms. The Kier molecular flexibility index (Phi) is 2.81. The van der Waals surface area contributed by atoms with E-state index in [1.54, 1.807) is 6.08 Å². The quantitative estimate of drug-likeness (QED) is 0.494. The molecule has 0 saturated heterocycles. The molecule has 0 bridgehead atoms. The fourth-order valence-corrected chi connectivity index (χ4v) is 0.860. The van der Waals surface area contributed by atoms with Gasteiger partial charge in [0, 0.05) is 7.05 Å². The molecule has 1 aliphatic heterocycles. The first-order chi connectivity index (χ1) is 6.13. The summed E-state index contributed by atoms with van der Waals surface area (Å²) in [5, 5.41) is 9.70. The number of esters is 1. The van der Waals surface area contributed by atoms with Crippen LogP contribution in [0.5, 0.6) is 0 Å². The number of hydrogen-bond acceptors (Lipinski definition) is 5. The number of aliphatic imine (C=N–C) groups is 1. The Hall–Kier alpha value is -1.62. The summed E-state index contributed by atoms with van der Waals surface area (Å²) in [5.74, 6) is -0.486. The third kappa shape index (κ3) is 2.41. The number of carbonyl (C=O) groups is 1. The third-order valence-electron chi connectivity index (χ3n) is 1.38. The smallest absolute Gasteiger partial charge is 0.356 e. The number of hydroxylamine groups is 2. The topological polar surface area (TPSA) is 62.1 Å². The number of rotatable bonds is 2. The number of hydrogen-bond donors (Lipinski definition) is 1. The minimum absolute atomic E-state index is 0.232. The summed E-state index contributed by atoms with van der Waals surface area (Å²) in [7, 11) is 2.74. The van der Waals surface area contributed by atoms with E-state index in [4.69, 9.17) is 5.21 Å². The van der Waals surface area contributed by atoms with E-state index in [9.17, 15) is 4.79 Å². The van der Waals surface area contributed by atoms with Crippen LogP contribution in [0.2, 0.25) is 0 Å². The maximum atomic E-state index is 10.9. The summed E-state index contributed by atoms with van der Waals surface area (Å²) >= 11 is 0. The largest absolute Gasteiger partial charge is 0.464 e. The maximum Gasteiger partial charge on any atom is 0.356 e. The van der Waals surface area contributed by atoms with E-state index < -0.39 is 5.97 Å². The van der Waals surface area contributed by atoms with Gasteiger partial charge in [0.25, 0.3) is 0 Å². The van der Waals surface area contributed by atoms with Crippen molar-refractivity contribution in [2.75, 3.05) is 14.2 Å². The molecule has 5 nitrogen and oxygen atoms in total. The van der Waals surface area contributed by atoms with Gasteiger partial charge in [0.1, 0.15) is 5.71 Å². The van der Waals surface area contributed by atoms with Gasteiger partial charge in [-0.05, 0) is 12.2 Å². The Bertz CT molecular complexity index is 303. The van der Waals surface area contributed by atoms with E-state index in [2.05, 4.69) is 9.73 Å². The van der Waals surface area contributed by atoms with Crippen LogP contribution < -0.4 is 0 Å². The molecule has 1 rings (SSSR count). The van der Waals surface area contributed by atoms with Gasteiger partial charge in [-0.1, -0.05) is 0 Å². The molecular weight excluding hydrogens is 172 g/mol. The first kappa shape index (κ1) is 9.47. The van der Waals surface area contributed by atoms with Crippen LogP contribution in [-0.4, -0.2) is 36.1 Å². The van der Waals surface area contributed by atoms with Crippen LogP contribution in [-0.2, 0) is 9.53 Å². The Morgan fingerprint density at radius 3 is 2.92 bits per heavy atom. The molecule has 1 heterocycles. The zero-order valence-electron chi connectivity index (χ0n) is 7.39. The standard InChI is InChI=1S/C8H10N2O3/c1-10(12)5-6-3-4-7(9-6)8(11)13-2/h3-5,12H,1-2H3/b6-5-. The van der Waals surface area contributed by atoms with Gasteiger partial charge in [-0.3, -0.25) is 10.3 Å². The second-order valence-corrected chi connectivity index (χ2v) is 2.45. The van der Waals surface area contributed by atoms with Crippen molar-refractivity contribution < 1.29 is 14.7 Å². The van der Waals surface area contributed by atoms with Crippen molar-refractivity contribution in [1.29, 1.82) is 0 Å².